The molecule has 3 aromatic rings. The Balaban J connectivity index is 1.60. The smallest absolute Gasteiger partial charge is 0.262 e. The Hall–Kier alpha value is -4.00. The van der Waals surface area contributed by atoms with E-state index in [1.165, 1.54) is 12.1 Å². The maximum Gasteiger partial charge on any atom is 0.262 e. The largest absolute Gasteiger partial charge is 0.508 e. The Morgan fingerprint density at radius 1 is 1.09 bits per heavy atom. The molecule has 0 spiro atoms. The number of methoxy groups -OCH3 is 1. The molecule has 0 bridgehead atoms. The van der Waals surface area contributed by atoms with E-state index in [1.807, 2.05) is 37.3 Å². The molecule has 0 aromatic heterocycles. The number of phenolic OH excluding ortho intramolecular Hbond substituents is 2. The van der Waals surface area contributed by atoms with Crippen LogP contribution in [-0.2, 0) is 13.0 Å². The van der Waals surface area contributed by atoms with Crippen LogP contribution in [0.25, 0.3) is 0 Å². The number of anilines is 1. The van der Waals surface area contributed by atoms with E-state index in [1.54, 1.807) is 36.1 Å². The standard InChI is InChI=1S/C27H28N2O5/c1-17-8-9-18-14-19(26(32)28(2)16-20-6-4-5-7-25(20)34-3)10-13-23(18)29(17)27(33)22-12-11-21(30)15-24(22)31/h4-7,10-15,17,30-31H,8-9,16H2,1-3H3. The lowest BCUT2D eigenvalue weighted by molar-refractivity contribution is 0.0784. The minimum absolute atomic E-state index is 0.0806. The maximum atomic E-state index is 13.3. The Labute approximate surface area is 198 Å². The van der Waals surface area contributed by atoms with Crippen molar-refractivity contribution in [1.29, 1.82) is 0 Å². The summed E-state index contributed by atoms with van der Waals surface area (Å²) < 4.78 is 5.39. The van der Waals surface area contributed by atoms with Gasteiger partial charge in [0.2, 0.25) is 0 Å². The zero-order chi connectivity index (χ0) is 24.4. The van der Waals surface area contributed by atoms with Crippen molar-refractivity contribution in [2.75, 3.05) is 19.1 Å². The molecule has 1 atom stereocenters. The third-order valence-corrected chi connectivity index (χ3v) is 6.24. The third kappa shape index (κ3) is 4.41. The van der Waals surface area contributed by atoms with E-state index in [2.05, 4.69) is 0 Å². The number of carbonyl (C=O) groups excluding carboxylic acids is 2. The van der Waals surface area contributed by atoms with Crippen molar-refractivity contribution in [3.8, 4) is 17.2 Å². The number of hydrogen-bond donors (Lipinski definition) is 2. The lowest BCUT2D eigenvalue weighted by Gasteiger charge is -2.36. The maximum absolute atomic E-state index is 13.3. The van der Waals surface area contributed by atoms with Crippen molar-refractivity contribution < 1.29 is 24.5 Å². The number of benzene rings is 3. The van der Waals surface area contributed by atoms with Crippen molar-refractivity contribution in [3.05, 3.63) is 82.9 Å². The van der Waals surface area contributed by atoms with Gasteiger partial charge in [0.15, 0.2) is 0 Å². The Kier molecular flexibility index (Phi) is 6.45. The second-order valence-electron chi connectivity index (χ2n) is 8.58. The minimum atomic E-state index is -0.349. The molecule has 0 saturated heterocycles. The van der Waals surface area contributed by atoms with Gasteiger partial charge in [-0.2, -0.15) is 0 Å². The van der Waals surface area contributed by atoms with Gasteiger partial charge in [0.05, 0.1) is 12.7 Å². The molecule has 1 unspecified atom stereocenters. The summed E-state index contributed by atoms with van der Waals surface area (Å²) in [6, 6.07) is 16.8. The molecule has 2 N–H and O–H groups in total. The van der Waals surface area contributed by atoms with Gasteiger partial charge in [0, 0.05) is 42.5 Å². The summed E-state index contributed by atoms with van der Waals surface area (Å²) in [5, 5.41) is 19.8. The first-order valence-electron chi connectivity index (χ1n) is 11.2. The first kappa shape index (κ1) is 23.2. The van der Waals surface area contributed by atoms with Crippen LogP contribution in [-0.4, -0.2) is 47.1 Å². The van der Waals surface area contributed by atoms with E-state index in [-0.39, 0.29) is 34.9 Å². The van der Waals surface area contributed by atoms with E-state index < -0.39 is 0 Å². The van der Waals surface area contributed by atoms with Crippen LogP contribution < -0.4 is 9.64 Å². The van der Waals surface area contributed by atoms with E-state index in [0.717, 1.165) is 41.5 Å². The second kappa shape index (κ2) is 9.47. The molecule has 2 amide bonds. The first-order valence-corrected chi connectivity index (χ1v) is 11.2. The predicted octanol–water partition coefficient (Wildman–Crippen LogP) is 4.36. The summed E-state index contributed by atoms with van der Waals surface area (Å²) >= 11 is 0. The van der Waals surface area contributed by atoms with Crippen molar-refractivity contribution in [2.45, 2.75) is 32.4 Å². The number of phenols is 2. The van der Waals surface area contributed by atoms with Crippen LogP contribution in [0.1, 0.15) is 45.2 Å². The first-order chi connectivity index (χ1) is 16.3. The van der Waals surface area contributed by atoms with Gasteiger partial charge in [0.1, 0.15) is 17.2 Å². The zero-order valence-electron chi connectivity index (χ0n) is 19.5. The van der Waals surface area contributed by atoms with Crippen LogP contribution in [0.4, 0.5) is 5.69 Å². The molecule has 4 rings (SSSR count). The van der Waals surface area contributed by atoms with Gasteiger partial charge in [-0.05, 0) is 61.7 Å². The highest BCUT2D eigenvalue weighted by Crippen LogP contribution is 2.35. The van der Waals surface area contributed by atoms with Gasteiger partial charge >= 0.3 is 0 Å². The summed E-state index contributed by atoms with van der Waals surface area (Å²) in [5.41, 5.74) is 3.21. The number of nitrogens with zero attached hydrogens (tertiary/aromatic N) is 2. The SMILES string of the molecule is COc1ccccc1CN(C)C(=O)c1ccc2c(c1)CCC(C)N2C(=O)c1ccc(O)cc1O. The minimum Gasteiger partial charge on any atom is -0.508 e. The Bertz CT molecular complexity index is 1240. The fourth-order valence-electron chi connectivity index (χ4n) is 4.41. The highest BCUT2D eigenvalue weighted by atomic mass is 16.5. The van der Waals surface area contributed by atoms with Gasteiger partial charge < -0.3 is 24.7 Å². The molecule has 0 fully saturated rings. The zero-order valence-corrected chi connectivity index (χ0v) is 19.5. The highest BCUT2D eigenvalue weighted by Gasteiger charge is 2.31. The van der Waals surface area contributed by atoms with Crippen LogP contribution in [0.5, 0.6) is 17.2 Å². The quantitative estimate of drug-likeness (QED) is 0.591. The summed E-state index contributed by atoms with van der Waals surface area (Å²) in [6.07, 6.45) is 1.46. The number of carbonyl (C=O) groups is 2. The molecule has 7 heteroatoms. The molecule has 7 nitrogen and oxygen atoms in total. The third-order valence-electron chi connectivity index (χ3n) is 6.24. The fraction of sp³-hybridized carbons (Fsp3) is 0.259. The molecule has 0 saturated carbocycles. The van der Waals surface area contributed by atoms with Gasteiger partial charge in [-0.1, -0.05) is 18.2 Å². The number of aryl methyl sites for hydroxylation is 1. The highest BCUT2D eigenvalue weighted by molar-refractivity contribution is 6.09. The number of amides is 2. The Morgan fingerprint density at radius 2 is 1.85 bits per heavy atom. The summed E-state index contributed by atoms with van der Waals surface area (Å²) in [7, 11) is 3.36. The van der Waals surface area contributed by atoms with Crippen molar-refractivity contribution >= 4 is 17.5 Å². The molecule has 0 aliphatic carbocycles. The number of fused-ring (bicyclic) bond motifs is 1. The average molecular weight is 461 g/mol. The van der Waals surface area contributed by atoms with E-state index in [0.29, 0.717) is 12.1 Å². The van der Waals surface area contributed by atoms with Gasteiger partial charge in [-0.3, -0.25) is 9.59 Å². The second-order valence-corrected chi connectivity index (χ2v) is 8.58. The normalized spacial score (nSPS) is 14.9. The molecule has 1 aliphatic heterocycles. The van der Waals surface area contributed by atoms with Crippen LogP contribution >= 0.6 is 0 Å². The van der Waals surface area contributed by atoms with E-state index in [9.17, 15) is 19.8 Å². The molecule has 3 aromatic carbocycles. The molecule has 0 radical (unpaired) electrons. The van der Waals surface area contributed by atoms with Crippen LogP contribution in [0.15, 0.2) is 60.7 Å². The van der Waals surface area contributed by atoms with Crippen LogP contribution in [0.2, 0.25) is 0 Å². The van der Waals surface area contributed by atoms with Crippen LogP contribution in [0, 0.1) is 0 Å². The van der Waals surface area contributed by atoms with Gasteiger partial charge in [0.25, 0.3) is 11.8 Å². The van der Waals surface area contributed by atoms with Crippen molar-refractivity contribution in [2.24, 2.45) is 0 Å². The molecule has 34 heavy (non-hydrogen) atoms. The fourth-order valence-corrected chi connectivity index (χ4v) is 4.41. The van der Waals surface area contributed by atoms with E-state index in [4.69, 9.17) is 4.74 Å². The molecule has 1 heterocycles. The molecule has 1 aliphatic rings. The van der Waals surface area contributed by atoms with Gasteiger partial charge in [-0.25, -0.2) is 0 Å². The predicted molar refractivity (Wildman–Crippen MR) is 130 cm³/mol. The number of para-hydroxylation sites is 1. The molecular formula is C27H28N2O5. The monoisotopic (exact) mass is 460 g/mol. The summed E-state index contributed by atoms with van der Waals surface area (Å²) in [5.74, 6) is -0.122. The van der Waals surface area contributed by atoms with Gasteiger partial charge in [-0.15, -0.1) is 0 Å². The number of rotatable bonds is 5. The average Bonchev–Trinajstić information content (AvgIpc) is 2.83. The lowest BCUT2D eigenvalue weighted by atomic mass is 9.93. The molecular weight excluding hydrogens is 432 g/mol. The van der Waals surface area contributed by atoms with Crippen LogP contribution in [0.3, 0.4) is 0 Å². The van der Waals surface area contributed by atoms with E-state index >= 15 is 0 Å². The van der Waals surface area contributed by atoms with Crippen molar-refractivity contribution in [1.82, 2.24) is 4.90 Å². The lowest BCUT2D eigenvalue weighted by Crippen LogP contribution is -2.42. The summed E-state index contributed by atoms with van der Waals surface area (Å²) in [6.45, 7) is 2.36. The molecule has 176 valence electrons. The number of aromatic hydroxyl groups is 2. The summed E-state index contributed by atoms with van der Waals surface area (Å²) in [4.78, 5) is 29.7. The number of ether oxygens (including phenoxy) is 1. The topological polar surface area (TPSA) is 90.3 Å². The number of hydrogen-bond acceptors (Lipinski definition) is 5. The van der Waals surface area contributed by atoms with Crippen molar-refractivity contribution in [3.63, 3.8) is 0 Å². The Morgan fingerprint density at radius 3 is 2.59 bits per heavy atom.